The highest BCUT2D eigenvalue weighted by atomic mass is 16.5. The van der Waals surface area contributed by atoms with Crippen LogP contribution in [0.4, 0.5) is 0 Å². The third kappa shape index (κ3) is 6.07. The molecule has 0 fully saturated rings. The van der Waals surface area contributed by atoms with E-state index in [1.54, 1.807) is 6.07 Å². The Hall–Kier alpha value is -2.90. The molecule has 0 atom stereocenters. The maximum atomic E-state index is 12.0. The second kappa shape index (κ2) is 9.34. The van der Waals surface area contributed by atoms with E-state index < -0.39 is 5.97 Å². The van der Waals surface area contributed by atoms with Crippen molar-refractivity contribution in [1.82, 2.24) is 15.5 Å². The molecule has 152 valence electrons. The molecule has 0 aliphatic heterocycles. The molecule has 0 aliphatic carbocycles. The van der Waals surface area contributed by atoms with Gasteiger partial charge in [0, 0.05) is 24.8 Å². The van der Waals surface area contributed by atoms with Gasteiger partial charge in [-0.05, 0) is 30.5 Å². The molecule has 0 unspecified atom stereocenters. The Kier molecular flexibility index (Phi) is 7.14. The summed E-state index contributed by atoms with van der Waals surface area (Å²) in [5.41, 5.74) is 0.844. The third-order valence-corrected chi connectivity index (χ3v) is 4.18. The largest absolute Gasteiger partial charge is 0.496 e. The number of nitrogens with zero attached hydrogens (tertiary/aromatic N) is 2. The maximum absolute atomic E-state index is 12.0. The molecule has 8 heteroatoms. The number of carbonyl (C=O) groups excluding carboxylic acids is 1. The van der Waals surface area contributed by atoms with Gasteiger partial charge in [0.2, 0.25) is 11.8 Å². The normalized spacial score (nSPS) is 11.3. The van der Waals surface area contributed by atoms with Gasteiger partial charge >= 0.3 is 5.97 Å². The van der Waals surface area contributed by atoms with Gasteiger partial charge in [-0.2, -0.15) is 4.98 Å². The zero-order chi connectivity index (χ0) is 20.7. The number of amides is 1. The fourth-order valence-electron chi connectivity index (χ4n) is 2.57. The van der Waals surface area contributed by atoms with Crippen molar-refractivity contribution in [3.05, 3.63) is 41.0 Å². The van der Waals surface area contributed by atoms with Gasteiger partial charge in [-0.3, -0.25) is 4.79 Å². The number of carboxylic acids is 1. The second-order valence-corrected chi connectivity index (χ2v) is 7.55. The van der Waals surface area contributed by atoms with E-state index in [2.05, 4.69) is 15.5 Å². The molecular formula is C20H27N3O5. The van der Waals surface area contributed by atoms with E-state index in [0.29, 0.717) is 49.7 Å². The van der Waals surface area contributed by atoms with Gasteiger partial charge in [-0.25, -0.2) is 4.79 Å². The fourth-order valence-corrected chi connectivity index (χ4v) is 2.57. The van der Waals surface area contributed by atoms with Crippen molar-refractivity contribution in [3.63, 3.8) is 0 Å². The average Bonchev–Trinajstić information content (AvgIpc) is 3.11. The molecule has 0 bridgehead atoms. The number of methoxy groups -OCH3 is 1. The van der Waals surface area contributed by atoms with Gasteiger partial charge in [0.25, 0.3) is 0 Å². The minimum absolute atomic E-state index is 0.0586. The van der Waals surface area contributed by atoms with E-state index in [4.69, 9.17) is 14.4 Å². The molecular weight excluding hydrogens is 362 g/mol. The molecule has 8 nitrogen and oxygen atoms in total. The summed E-state index contributed by atoms with van der Waals surface area (Å²) in [5, 5.41) is 15.8. The van der Waals surface area contributed by atoms with E-state index in [9.17, 15) is 9.59 Å². The molecule has 2 rings (SSSR count). The highest BCUT2D eigenvalue weighted by Crippen LogP contribution is 2.21. The number of nitrogens with one attached hydrogen (secondary N) is 1. The quantitative estimate of drug-likeness (QED) is 0.677. The predicted octanol–water partition coefficient (Wildman–Crippen LogP) is 2.76. The summed E-state index contributed by atoms with van der Waals surface area (Å²) in [5.74, 6) is 0.640. The second-order valence-electron chi connectivity index (χ2n) is 7.55. The topological polar surface area (TPSA) is 115 Å². The lowest BCUT2D eigenvalue weighted by molar-refractivity contribution is -0.121. The van der Waals surface area contributed by atoms with Crippen LogP contribution in [-0.2, 0) is 23.1 Å². The number of ether oxygens (including phenoxy) is 1. The lowest BCUT2D eigenvalue weighted by Crippen LogP contribution is -2.25. The van der Waals surface area contributed by atoms with E-state index in [1.165, 1.54) is 19.2 Å². The first kappa shape index (κ1) is 21.4. The Morgan fingerprint density at radius 3 is 2.61 bits per heavy atom. The van der Waals surface area contributed by atoms with Gasteiger partial charge in [-0.15, -0.1) is 0 Å². The molecule has 1 aromatic heterocycles. The first-order valence-corrected chi connectivity index (χ1v) is 9.20. The summed E-state index contributed by atoms with van der Waals surface area (Å²) >= 11 is 0. The summed E-state index contributed by atoms with van der Waals surface area (Å²) in [6.45, 7) is 6.48. The first-order chi connectivity index (χ1) is 13.2. The van der Waals surface area contributed by atoms with Crippen molar-refractivity contribution < 1.29 is 24.0 Å². The standard InChI is InChI=1S/C20H27N3O5/c1-20(2,3)19-22-17(28-23-19)7-5-6-16(24)21-11-10-13-8-9-14(18(25)26)12-15(13)27-4/h8-9,12H,5-7,10-11H2,1-4H3,(H,21,24)(H,25,26). The summed E-state index contributed by atoms with van der Waals surface area (Å²) in [7, 11) is 1.49. The third-order valence-electron chi connectivity index (χ3n) is 4.18. The Labute approximate surface area is 164 Å². The summed E-state index contributed by atoms with van der Waals surface area (Å²) < 4.78 is 10.4. The van der Waals surface area contributed by atoms with Gasteiger partial charge in [0.05, 0.1) is 12.7 Å². The van der Waals surface area contributed by atoms with Gasteiger partial charge in [0.1, 0.15) is 5.75 Å². The number of aromatic nitrogens is 2. The molecule has 2 aromatic rings. The van der Waals surface area contributed by atoms with Crippen molar-refractivity contribution in [2.24, 2.45) is 0 Å². The van der Waals surface area contributed by atoms with Crippen LogP contribution < -0.4 is 10.1 Å². The summed E-state index contributed by atoms with van der Waals surface area (Å²) in [6.07, 6.45) is 2.09. The predicted molar refractivity (Wildman–Crippen MR) is 103 cm³/mol. The Morgan fingerprint density at radius 1 is 1.25 bits per heavy atom. The number of aryl methyl sites for hydroxylation is 1. The lowest BCUT2D eigenvalue weighted by Gasteiger charge is -2.11. The van der Waals surface area contributed by atoms with E-state index in [0.717, 1.165) is 5.56 Å². The Morgan fingerprint density at radius 2 is 2.00 bits per heavy atom. The maximum Gasteiger partial charge on any atom is 0.335 e. The van der Waals surface area contributed by atoms with Gasteiger partial charge in [0.15, 0.2) is 5.82 Å². The molecule has 1 heterocycles. The number of carbonyl (C=O) groups is 2. The highest BCUT2D eigenvalue weighted by Gasteiger charge is 2.20. The van der Waals surface area contributed by atoms with E-state index >= 15 is 0 Å². The number of hydrogen-bond donors (Lipinski definition) is 2. The first-order valence-electron chi connectivity index (χ1n) is 9.20. The van der Waals surface area contributed by atoms with E-state index in [-0.39, 0.29) is 16.9 Å². The van der Waals surface area contributed by atoms with Crippen LogP contribution in [0.1, 0.15) is 61.2 Å². The van der Waals surface area contributed by atoms with E-state index in [1.807, 2.05) is 20.8 Å². The number of hydrogen-bond acceptors (Lipinski definition) is 6. The smallest absolute Gasteiger partial charge is 0.335 e. The van der Waals surface area contributed by atoms with Crippen molar-refractivity contribution >= 4 is 11.9 Å². The van der Waals surface area contributed by atoms with Crippen LogP contribution in [0.15, 0.2) is 22.7 Å². The van der Waals surface area contributed by atoms with Crippen molar-refractivity contribution in [1.29, 1.82) is 0 Å². The molecule has 1 amide bonds. The van der Waals surface area contributed by atoms with Gasteiger partial charge in [-0.1, -0.05) is 32.0 Å². The Bertz CT molecular complexity index is 823. The van der Waals surface area contributed by atoms with Crippen molar-refractivity contribution in [2.45, 2.75) is 51.9 Å². The zero-order valence-corrected chi connectivity index (χ0v) is 16.7. The van der Waals surface area contributed by atoms with Crippen molar-refractivity contribution in [2.75, 3.05) is 13.7 Å². The molecule has 0 aliphatic rings. The molecule has 0 radical (unpaired) electrons. The monoisotopic (exact) mass is 389 g/mol. The Balaban J connectivity index is 1.74. The minimum atomic E-state index is -1.01. The summed E-state index contributed by atoms with van der Waals surface area (Å²) in [6, 6.07) is 4.71. The van der Waals surface area contributed by atoms with Crippen molar-refractivity contribution in [3.8, 4) is 5.75 Å². The van der Waals surface area contributed by atoms with Crippen LogP contribution in [0.5, 0.6) is 5.75 Å². The van der Waals surface area contributed by atoms with Crippen LogP contribution >= 0.6 is 0 Å². The molecule has 0 saturated heterocycles. The van der Waals surface area contributed by atoms with Crippen LogP contribution in [0.25, 0.3) is 0 Å². The molecule has 0 saturated carbocycles. The highest BCUT2D eigenvalue weighted by molar-refractivity contribution is 5.88. The van der Waals surface area contributed by atoms with Crippen LogP contribution in [0, 0.1) is 0 Å². The zero-order valence-electron chi connectivity index (χ0n) is 16.7. The molecule has 28 heavy (non-hydrogen) atoms. The number of rotatable bonds is 9. The van der Waals surface area contributed by atoms with Crippen LogP contribution in [0.2, 0.25) is 0 Å². The van der Waals surface area contributed by atoms with Crippen LogP contribution in [0.3, 0.4) is 0 Å². The van der Waals surface area contributed by atoms with Gasteiger partial charge < -0.3 is 19.7 Å². The fraction of sp³-hybridized carbons (Fsp3) is 0.500. The SMILES string of the molecule is COc1cc(C(=O)O)ccc1CCNC(=O)CCCc1nc(C(C)(C)C)no1. The number of aromatic carboxylic acids is 1. The summed E-state index contributed by atoms with van der Waals surface area (Å²) in [4.78, 5) is 27.4. The molecule has 2 N–H and O–H groups in total. The lowest BCUT2D eigenvalue weighted by atomic mass is 9.96. The average molecular weight is 389 g/mol. The molecule has 1 aromatic carbocycles. The number of carboxylic acid groups (broad SMARTS) is 1. The molecule has 0 spiro atoms. The minimum Gasteiger partial charge on any atom is -0.496 e. The number of benzene rings is 1. The van der Waals surface area contributed by atoms with Crippen LogP contribution in [-0.4, -0.2) is 40.8 Å².